The molecule has 0 saturated carbocycles. The summed E-state index contributed by atoms with van der Waals surface area (Å²) in [7, 11) is -3.50. The topological polar surface area (TPSA) is 164 Å². The molecule has 0 unspecified atom stereocenters. The van der Waals surface area contributed by atoms with Crippen molar-refractivity contribution in [2.45, 2.75) is 70.2 Å². The van der Waals surface area contributed by atoms with E-state index >= 15 is 0 Å². The van der Waals surface area contributed by atoms with Crippen LogP contribution in [0.2, 0.25) is 0 Å². The number of aliphatic hydroxyl groups is 1. The summed E-state index contributed by atoms with van der Waals surface area (Å²) in [6, 6.07) is 5.31. The molecule has 0 aliphatic carbocycles. The number of piperidine rings is 1. The van der Waals surface area contributed by atoms with E-state index in [1.807, 2.05) is 13.8 Å². The zero-order valence-corrected chi connectivity index (χ0v) is 28.9. The van der Waals surface area contributed by atoms with E-state index in [0.717, 1.165) is 51.5 Å². The molecular weight excluding hydrogens is 655 g/mol. The van der Waals surface area contributed by atoms with Crippen LogP contribution in [-0.2, 0) is 14.9 Å². The van der Waals surface area contributed by atoms with Gasteiger partial charge in [-0.15, -0.1) is 0 Å². The van der Waals surface area contributed by atoms with E-state index in [2.05, 4.69) is 30.6 Å². The molecule has 2 atom stereocenters. The minimum atomic E-state index is -3.50. The van der Waals surface area contributed by atoms with Crippen LogP contribution >= 0.6 is 0 Å². The highest BCUT2D eigenvalue weighted by molar-refractivity contribution is 7.87. The van der Waals surface area contributed by atoms with Gasteiger partial charge in [-0.3, -0.25) is 9.69 Å². The average molecular weight is 701 g/mol. The number of benzene rings is 1. The van der Waals surface area contributed by atoms with Gasteiger partial charge in [-0.1, -0.05) is 0 Å². The third-order valence-corrected chi connectivity index (χ3v) is 11.7. The van der Waals surface area contributed by atoms with Gasteiger partial charge >= 0.3 is 0 Å². The van der Waals surface area contributed by atoms with Gasteiger partial charge in [0, 0.05) is 56.6 Å². The minimum Gasteiger partial charge on any atom is -0.451 e. The molecule has 2 aromatic rings. The molecule has 0 radical (unpaired) electrons. The second-order valence-corrected chi connectivity index (χ2v) is 15.7. The molecule has 4 aliphatic heterocycles. The molecule has 266 valence electrons. The molecule has 1 aromatic carbocycles. The largest absolute Gasteiger partial charge is 0.451 e. The second-order valence-electron chi connectivity index (χ2n) is 14.0. The Labute approximate surface area is 287 Å². The summed E-state index contributed by atoms with van der Waals surface area (Å²) in [5.41, 5.74) is 0.130. The van der Waals surface area contributed by atoms with Crippen molar-refractivity contribution in [3.05, 3.63) is 42.1 Å². The summed E-state index contributed by atoms with van der Waals surface area (Å²) in [6.45, 7) is 8.54. The molecule has 2 N–H and O–H groups in total. The van der Waals surface area contributed by atoms with Gasteiger partial charge in [0.15, 0.2) is 17.4 Å². The number of ether oxygens (including phenoxy) is 2. The molecule has 1 spiro atoms. The zero-order chi connectivity index (χ0) is 34.8. The van der Waals surface area contributed by atoms with E-state index in [9.17, 15) is 22.7 Å². The van der Waals surface area contributed by atoms with Gasteiger partial charge in [-0.25, -0.2) is 14.4 Å². The number of likely N-dealkylation sites (tertiary alicyclic amines) is 1. The van der Waals surface area contributed by atoms with Crippen LogP contribution in [0.5, 0.6) is 11.5 Å². The monoisotopic (exact) mass is 700 g/mol. The summed E-state index contributed by atoms with van der Waals surface area (Å²) in [5, 5.41) is 20.2. The fourth-order valence-electron chi connectivity index (χ4n) is 7.02. The Morgan fingerprint density at radius 3 is 2.61 bits per heavy atom. The third kappa shape index (κ3) is 7.97. The van der Waals surface area contributed by atoms with E-state index in [0.29, 0.717) is 44.0 Å². The Hall–Kier alpha value is -3.46. The minimum absolute atomic E-state index is 0.0565. The summed E-state index contributed by atoms with van der Waals surface area (Å²) >= 11 is 0. The number of nitrogens with one attached hydrogen (secondary N) is 1. The molecule has 5 heterocycles. The maximum Gasteiger partial charge on any atom is 0.279 e. The lowest BCUT2D eigenvalue weighted by Gasteiger charge is -2.55. The van der Waals surface area contributed by atoms with Crippen LogP contribution in [0.15, 0.2) is 30.7 Å². The van der Waals surface area contributed by atoms with E-state index in [1.54, 1.807) is 0 Å². The number of halogens is 1. The molecule has 6 rings (SSSR count). The summed E-state index contributed by atoms with van der Waals surface area (Å²) in [4.78, 5) is 28.0. The first kappa shape index (κ1) is 35.4. The Morgan fingerprint density at radius 2 is 1.98 bits per heavy atom. The lowest BCUT2D eigenvalue weighted by atomic mass is 9.72. The Bertz CT molecular complexity index is 1640. The van der Waals surface area contributed by atoms with Crippen molar-refractivity contribution in [1.82, 2.24) is 28.8 Å². The number of nitrogens with zero attached hydrogens (tertiary/aromatic N) is 7. The maximum atomic E-state index is 14.4. The number of aromatic nitrogens is 2. The SMILES string of the molecule is CC(C)N(CCC#N)C(=O)c1cc(F)ccc1Oc1cncnc1N1CC2(CCN(C[C@@]3(O)CC[C@@H](NS(=O)(=O)N4CCC4)CO3)CC2)C1. The highest BCUT2D eigenvalue weighted by atomic mass is 32.2. The van der Waals surface area contributed by atoms with Crippen molar-refractivity contribution < 1.29 is 32.2 Å². The van der Waals surface area contributed by atoms with Gasteiger partial charge in [0.1, 0.15) is 17.9 Å². The number of hydrogen-bond acceptors (Lipinski definition) is 11. The average Bonchev–Trinajstić information content (AvgIpc) is 3.01. The first-order valence-electron chi connectivity index (χ1n) is 17.0. The van der Waals surface area contributed by atoms with Crippen molar-refractivity contribution in [2.75, 3.05) is 63.9 Å². The smallest absolute Gasteiger partial charge is 0.279 e. The van der Waals surface area contributed by atoms with E-state index < -0.39 is 27.7 Å². The molecule has 4 saturated heterocycles. The van der Waals surface area contributed by atoms with Crippen LogP contribution in [0.3, 0.4) is 0 Å². The standard InChI is InChI=1S/C33H45FN8O6S/c1-24(2)42(14-3-11-35)31(43)27-17-25(34)5-6-28(27)48-29-18-36-23-37-30(29)40-20-32(21-40)9-15-39(16-10-32)22-33(44)8-7-26(19-47-33)38-49(45,46)41-12-4-13-41/h5-6,17-18,23-24,26,38,44H,3-4,7-10,12-16,19-22H2,1-2H3/t26-,33-/m1/s1. The number of hydrogen-bond donors (Lipinski definition) is 2. The van der Waals surface area contributed by atoms with Crippen LogP contribution in [0.1, 0.15) is 62.7 Å². The predicted octanol–water partition coefficient (Wildman–Crippen LogP) is 2.48. The van der Waals surface area contributed by atoms with Crippen molar-refractivity contribution in [3.8, 4) is 17.6 Å². The molecule has 1 aromatic heterocycles. The molecule has 4 fully saturated rings. The number of amides is 1. The van der Waals surface area contributed by atoms with Gasteiger partial charge in [0.05, 0.1) is 37.4 Å². The van der Waals surface area contributed by atoms with Crippen molar-refractivity contribution in [1.29, 1.82) is 5.26 Å². The van der Waals surface area contributed by atoms with Crippen molar-refractivity contribution in [2.24, 2.45) is 5.41 Å². The van der Waals surface area contributed by atoms with Gasteiger partial charge in [-0.05, 0) is 70.8 Å². The highest BCUT2D eigenvalue weighted by Gasteiger charge is 2.47. The lowest BCUT2D eigenvalue weighted by Crippen LogP contribution is -2.62. The van der Waals surface area contributed by atoms with Crippen molar-refractivity contribution in [3.63, 3.8) is 0 Å². The van der Waals surface area contributed by atoms with Crippen LogP contribution in [0.25, 0.3) is 0 Å². The quantitative estimate of drug-likeness (QED) is 0.334. The molecule has 1 amide bonds. The first-order valence-corrected chi connectivity index (χ1v) is 18.4. The van der Waals surface area contributed by atoms with Gasteiger partial charge in [0.25, 0.3) is 16.1 Å². The third-order valence-electron chi connectivity index (χ3n) is 10.0. The zero-order valence-electron chi connectivity index (χ0n) is 28.1. The van der Waals surface area contributed by atoms with Gasteiger partial charge in [-0.2, -0.15) is 22.7 Å². The molecule has 0 bridgehead atoms. The van der Waals surface area contributed by atoms with E-state index in [1.165, 1.54) is 33.9 Å². The molecule has 14 nitrogen and oxygen atoms in total. The number of carbonyl (C=O) groups excluding carboxylic acids is 1. The number of β-amino-alcohol motifs (C(OH)–C–C–N with tert-alkyl or cyclic N) is 1. The number of anilines is 1. The van der Waals surface area contributed by atoms with Crippen LogP contribution in [-0.4, -0.2) is 120 Å². The highest BCUT2D eigenvalue weighted by Crippen LogP contribution is 2.45. The summed E-state index contributed by atoms with van der Waals surface area (Å²) in [6.07, 6.45) is 6.70. The molecule has 16 heteroatoms. The lowest BCUT2D eigenvalue weighted by molar-refractivity contribution is -0.239. The van der Waals surface area contributed by atoms with E-state index in [-0.39, 0.29) is 48.4 Å². The van der Waals surface area contributed by atoms with Crippen LogP contribution in [0.4, 0.5) is 10.2 Å². The molecular formula is C33H45FN8O6S. The van der Waals surface area contributed by atoms with E-state index in [4.69, 9.17) is 14.7 Å². The fourth-order valence-corrected chi connectivity index (χ4v) is 8.52. The Balaban J connectivity index is 1.03. The van der Waals surface area contributed by atoms with Crippen LogP contribution in [0, 0.1) is 22.6 Å². The maximum absolute atomic E-state index is 14.4. The van der Waals surface area contributed by atoms with Crippen LogP contribution < -0.4 is 14.4 Å². The van der Waals surface area contributed by atoms with Crippen molar-refractivity contribution >= 4 is 21.9 Å². The fraction of sp³-hybridized carbons (Fsp3) is 0.636. The second kappa shape index (κ2) is 14.4. The number of rotatable bonds is 12. The Morgan fingerprint density at radius 1 is 1.22 bits per heavy atom. The summed E-state index contributed by atoms with van der Waals surface area (Å²) in [5.74, 6) is -1.20. The molecule has 4 aliphatic rings. The number of nitriles is 1. The number of carbonyl (C=O) groups is 1. The van der Waals surface area contributed by atoms with Gasteiger partial charge < -0.3 is 24.4 Å². The summed E-state index contributed by atoms with van der Waals surface area (Å²) < 4.78 is 55.4. The normalized spacial score (nSPS) is 24.2. The molecule has 49 heavy (non-hydrogen) atoms. The Kier molecular flexibility index (Phi) is 10.4. The van der Waals surface area contributed by atoms with Gasteiger partial charge in [0.2, 0.25) is 0 Å². The first-order chi connectivity index (χ1) is 23.4. The predicted molar refractivity (Wildman–Crippen MR) is 177 cm³/mol.